The van der Waals surface area contributed by atoms with Gasteiger partial charge in [0.1, 0.15) is 10.8 Å². The van der Waals surface area contributed by atoms with Crippen molar-refractivity contribution in [2.75, 3.05) is 12.4 Å². The SMILES string of the molecule is COc1ccc2sc(-c3ccc(N[C]=O)cc3)nc2c1. The molecule has 0 saturated heterocycles. The zero-order valence-electron chi connectivity index (χ0n) is 10.7. The van der Waals surface area contributed by atoms with Crippen molar-refractivity contribution < 1.29 is 9.53 Å². The lowest BCUT2D eigenvalue weighted by Crippen LogP contribution is -1.92. The molecule has 2 aromatic carbocycles. The van der Waals surface area contributed by atoms with Crippen LogP contribution in [0, 0.1) is 0 Å². The molecule has 4 nitrogen and oxygen atoms in total. The normalized spacial score (nSPS) is 10.4. The van der Waals surface area contributed by atoms with Gasteiger partial charge in [-0.2, -0.15) is 0 Å². The lowest BCUT2D eigenvalue weighted by Gasteiger charge is -1.99. The highest BCUT2D eigenvalue weighted by Gasteiger charge is 2.07. The minimum atomic E-state index is 0.714. The average Bonchev–Trinajstić information content (AvgIpc) is 2.91. The Morgan fingerprint density at radius 1 is 1.20 bits per heavy atom. The third kappa shape index (κ3) is 2.35. The highest BCUT2D eigenvalue weighted by molar-refractivity contribution is 7.21. The third-order valence-electron chi connectivity index (χ3n) is 2.92. The van der Waals surface area contributed by atoms with E-state index in [9.17, 15) is 4.79 Å². The van der Waals surface area contributed by atoms with Crippen molar-refractivity contribution in [3.63, 3.8) is 0 Å². The summed E-state index contributed by atoms with van der Waals surface area (Å²) in [6.07, 6.45) is 1.65. The Morgan fingerprint density at radius 2 is 2.00 bits per heavy atom. The van der Waals surface area contributed by atoms with Gasteiger partial charge in [-0.25, -0.2) is 4.98 Å². The number of hydrogen-bond donors (Lipinski definition) is 1. The summed E-state index contributed by atoms with van der Waals surface area (Å²) in [5.41, 5.74) is 2.65. The Morgan fingerprint density at radius 3 is 2.70 bits per heavy atom. The molecule has 0 aliphatic rings. The Balaban J connectivity index is 1.98. The van der Waals surface area contributed by atoms with Gasteiger partial charge in [-0.15, -0.1) is 11.3 Å². The quantitative estimate of drug-likeness (QED) is 0.746. The van der Waals surface area contributed by atoms with Crippen LogP contribution in [0.25, 0.3) is 20.8 Å². The van der Waals surface area contributed by atoms with Gasteiger partial charge in [0.25, 0.3) is 0 Å². The van der Waals surface area contributed by atoms with Crippen molar-refractivity contribution in [2.45, 2.75) is 0 Å². The summed E-state index contributed by atoms with van der Waals surface area (Å²) in [4.78, 5) is 14.9. The van der Waals surface area contributed by atoms with Crippen molar-refractivity contribution in [1.82, 2.24) is 4.98 Å². The van der Waals surface area contributed by atoms with Crippen LogP contribution in [-0.2, 0) is 4.79 Å². The first kappa shape index (κ1) is 12.6. The van der Waals surface area contributed by atoms with Crippen molar-refractivity contribution in [3.05, 3.63) is 42.5 Å². The maximum Gasteiger partial charge on any atom is 0.314 e. The number of methoxy groups -OCH3 is 1. The number of anilines is 1. The number of nitrogens with zero attached hydrogens (tertiary/aromatic N) is 1. The second kappa shape index (κ2) is 5.30. The molecule has 0 fully saturated rings. The van der Waals surface area contributed by atoms with E-state index in [0.29, 0.717) is 5.69 Å². The number of hydrogen-bond acceptors (Lipinski definition) is 4. The predicted octanol–water partition coefficient (Wildman–Crippen LogP) is 3.45. The van der Waals surface area contributed by atoms with E-state index in [-0.39, 0.29) is 0 Å². The van der Waals surface area contributed by atoms with Crippen LogP contribution in [0.3, 0.4) is 0 Å². The fourth-order valence-corrected chi connectivity index (χ4v) is 2.86. The molecule has 1 heterocycles. The Bertz CT molecular complexity index is 750. The highest BCUT2D eigenvalue weighted by atomic mass is 32.1. The number of carbonyl (C=O) groups excluding carboxylic acids is 1. The first-order chi connectivity index (χ1) is 9.80. The van der Waals surface area contributed by atoms with Gasteiger partial charge >= 0.3 is 6.41 Å². The molecule has 0 atom stereocenters. The second-order valence-electron chi connectivity index (χ2n) is 4.16. The number of amides is 1. The van der Waals surface area contributed by atoms with E-state index in [0.717, 1.165) is 26.5 Å². The molecule has 0 saturated carbocycles. The summed E-state index contributed by atoms with van der Waals surface area (Å²) in [6, 6.07) is 13.4. The number of benzene rings is 2. The van der Waals surface area contributed by atoms with Crippen LogP contribution >= 0.6 is 11.3 Å². The second-order valence-corrected chi connectivity index (χ2v) is 5.19. The fraction of sp³-hybridized carbons (Fsp3) is 0.0667. The van der Waals surface area contributed by atoms with Crippen LogP contribution in [0.15, 0.2) is 42.5 Å². The Labute approximate surface area is 120 Å². The van der Waals surface area contributed by atoms with Crippen molar-refractivity contribution >= 4 is 33.7 Å². The van der Waals surface area contributed by atoms with Crippen LogP contribution in [0.5, 0.6) is 5.75 Å². The van der Waals surface area contributed by atoms with Gasteiger partial charge in [0.15, 0.2) is 0 Å². The van der Waals surface area contributed by atoms with Gasteiger partial charge in [-0.05, 0) is 36.4 Å². The average molecular weight is 283 g/mol. The maximum absolute atomic E-state index is 10.2. The molecule has 0 unspecified atom stereocenters. The van der Waals surface area contributed by atoms with Crippen molar-refractivity contribution in [2.24, 2.45) is 0 Å². The zero-order valence-corrected chi connectivity index (χ0v) is 11.5. The molecule has 0 spiro atoms. The van der Waals surface area contributed by atoms with E-state index < -0.39 is 0 Å². The first-order valence-electron chi connectivity index (χ1n) is 5.98. The standard InChI is InChI=1S/C15H11N2O2S/c1-19-12-6-7-14-13(8-12)17-15(20-14)10-2-4-11(5-3-10)16-9-18/h2-8H,1H3,(H,16,18). The number of ether oxygens (including phenoxy) is 1. The van der Waals surface area contributed by atoms with E-state index in [1.165, 1.54) is 0 Å². The van der Waals surface area contributed by atoms with E-state index in [1.54, 1.807) is 24.9 Å². The van der Waals surface area contributed by atoms with Gasteiger partial charge in [0.2, 0.25) is 0 Å². The van der Waals surface area contributed by atoms with Crippen LogP contribution in [0.4, 0.5) is 5.69 Å². The number of fused-ring (bicyclic) bond motifs is 1. The Hall–Kier alpha value is -2.40. The van der Waals surface area contributed by atoms with Crippen LogP contribution < -0.4 is 10.1 Å². The topological polar surface area (TPSA) is 51.2 Å². The first-order valence-corrected chi connectivity index (χ1v) is 6.80. The number of thiazole rings is 1. The van der Waals surface area contributed by atoms with Gasteiger partial charge in [-0.1, -0.05) is 0 Å². The molecule has 3 aromatic rings. The van der Waals surface area contributed by atoms with E-state index in [4.69, 9.17) is 4.74 Å². The molecular formula is C15H11N2O2S. The number of rotatable bonds is 4. The molecule has 1 amide bonds. The third-order valence-corrected chi connectivity index (χ3v) is 4.01. The summed E-state index contributed by atoms with van der Waals surface area (Å²) < 4.78 is 6.31. The van der Waals surface area contributed by atoms with Gasteiger partial charge in [-0.3, -0.25) is 4.79 Å². The van der Waals surface area contributed by atoms with Crippen LogP contribution in [-0.4, -0.2) is 18.5 Å². The molecule has 0 aliphatic carbocycles. The summed E-state index contributed by atoms with van der Waals surface area (Å²) in [5, 5.41) is 3.43. The minimum Gasteiger partial charge on any atom is -0.497 e. The molecule has 3 rings (SSSR count). The van der Waals surface area contributed by atoms with Crippen molar-refractivity contribution in [1.29, 1.82) is 0 Å². The molecule has 5 heteroatoms. The van der Waals surface area contributed by atoms with E-state index >= 15 is 0 Å². The van der Waals surface area contributed by atoms with Crippen molar-refractivity contribution in [3.8, 4) is 16.3 Å². The lowest BCUT2D eigenvalue weighted by atomic mass is 10.2. The van der Waals surface area contributed by atoms with Gasteiger partial charge in [0.05, 0.1) is 17.3 Å². The largest absolute Gasteiger partial charge is 0.497 e. The van der Waals surface area contributed by atoms with Crippen LogP contribution in [0.2, 0.25) is 0 Å². The Kier molecular flexibility index (Phi) is 3.35. The lowest BCUT2D eigenvalue weighted by molar-refractivity contribution is 0.415. The van der Waals surface area contributed by atoms with Gasteiger partial charge < -0.3 is 10.1 Å². The molecule has 1 N–H and O–H groups in total. The molecule has 0 bridgehead atoms. The molecule has 1 radical (unpaired) electrons. The number of nitrogens with one attached hydrogen (secondary N) is 1. The van der Waals surface area contributed by atoms with E-state index in [1.807, 2.05) is 42.5 Å². The maximum atomic E-state index is 10.2. The minimum absolute atomic E-state index is 0.714. The summed E-state index contributed by atoms with van der Waals surface area (Å²) in [7, 11) is 1.64. The van der Waals surface area contributed by atoms with E-state index in [2.05, 4.69) is 10.3 Å². The molecule has 20 heavy (non-hydrogen) atoms. The highest BCUT2D eigenvalue weighted by Crippen LogP contribution is 2.32. The monoisotopic (exact) mass is 283 g/mol. The molecule has 1 aromatic heterocycles. The zero-order chi connectivity index (χ0) is 13.9. The summed E-state index contributed by atoms with van der Waals surface area (Å²) >= 11 is 1.62. The summed E-state index contributed by atoms with van der Waals surface area (Å²) in [6.45, 7) is 0. The molecule has 0 aliphatic heterocycles. The molecular weight excluding hydrogens is 272 g/mol. The molecule has 99 valence electrons. The van der Waals surface area contributed by atoms with Crippen LogP contribution in [0.1, 0.15) is 0 Å². The fourth-order valence-electron chi connectivity index (χ4n) is 1.91. The summed E-state index contributed by atoms with van der Waals surface area (Å²) in [5.74, 6) is 0.801. The number of aromatic nitrogens is 1. The predicted molar refractivity (Wildman–Crippen MR) is 80.9 cm³/mol. The van der Waals surface area contributed by atoms with Gasteiger partial charge in [0, 0.05) is 17.3 Å². The smallest absolute Gasteiger partial charge is 0.314 e.